The summed E-state index contributed by atoms with van der Waals surface area (Å²) in [6.45, 7) is 2.79. The van der Waals surface area contributed by atoms with E-state index in [0.717, 1.165) is 9.87 Å². The molecule has 202 valence electrons. The van der Waals surface area contributed by atoms with Gasteiger partial charge in [-0.25, -0.2) is 17.6 Å². The minimum absolute atomic E-state index is 0.0231. The summed E-state index contributed by atoms with van der Waals surface area (Å²) in [7, 11) is -2.65. The van der Waals surface area contributed by atoms with E-state index >= 15 is 0 Å². The van der Waals surface area contributed by atoms with Crippen molar-refractivity contribution in [3.63, 3.8) is 0 Å². The number of hydrogen-bond donors (Lipinski definition) is 2. The highest BCUT2D eigenvalue weighted by atomic mass is 32.2. The first kappa shape index (κ1) is 27.1. The van der Waals surface area contributed by atoms with Crippen LogP contribution in [0.15, 0.2) is 57.9 Å². The lowest BCUT2D eigenvalue weighted by Gasteiger charge is -2.39. The molecule has 0 spiro atoms. The molecule has 1 atom stereocenters. The fourth-order valence-electron chi connectivity index (χ4n) is 4.24. The van der Waals surface area contributed by atoms with Gasteiger partial charge in [0.05, 0.1) is 7.11 Å². The number of ether oxygens (including phenoxy) is 1. The van der Waals surface area contributed by atoms with Crippen molar-refractivity contribution in [3.8, 4) is 5.75 Å². The molecule has 2 aromatic carbocycles. The van der Waals surface area contributed by atoms with Crippen LogP contribution >= 0.6 is 0 Å². The Labute approximate surface area is 219 Å². The van der Waals surface area contributed by atoms with Gasteiger partial charge in [0.1, 0.15) is 28.2 Å². The number of anilines is 1. The van der Waals surface area contributed by atoms with Crippen LogP contribution < -0.4 is 15.4 Å². The number of sulfonamides is 1. The smallest absolute Gasteiger partial charge is 0.321 e. The van der Waals surface area contributed by atoms with Crippen molar-refractivity contribution in [2.45, 2.75) is 31.3 Å². The summed E-state index contributed by atoms with van der Waals surface area (Å²) in [5.74, 6) is -0.313. The zero-order valence-corrected chi connectivity index (χ0v) is 21.9. The number of piperazine rings is 1. The lowest BCUT2D eigenvalue weighted by molar-refractivity contribution is -0.126. The third kappa shape index (κ3) is 5.78. The normalized spacial score (nSPS) is 16.2. The first-order chi connectivity index (χ1) is 18.1. The molecule has 1 aliphatic heterocycles. The largest absolute Gasteiger partial charge is 0.497 e. The molecule has 0 bridgehead atoms. The van der Waals surface area contributed by atoms with E-state index in [4.69, 9.17) is 9.26 Å². The average Bonchev–Trinajstić information content (AvgIpc) is 3.26. The maximum atomic E-state index is 13.6. The number of methoxy groups -OCH3 is 1. The highest BCUT2D eigenvalue weighted by Gasteiger charge is 2.43. The van der Waals surface area contributed by atoms with Crippen LogP contribution in [0.4, 0.5) is 14.9 Å². The molecule has 3 amide bonds. The zero-order chi connectivity index (χ0) is 27.4. The van der Waals surface area contributed by atoms with E-state index in [2.05, 4.69) is 15.8 Å². The number of halogens is 1. The van der Waals surface area contributed by atoms with Crippen molar-refractivity contribution in [1.82, 2.24) is 19.7 Å². The Morgan fingerprint density at radius 2 is 1.89 bits per heavy atom. The van der Waals surface area contributed by atoms with Crippen molar-refractivity contribution in [1.29, 1.82) is 0 Å². The van der Waals surface area contributed by atoms with Crippen molar-refractivity contribution < 1.29 is 31.7 Å². The molecule has 11 nitrogen and oxygen atoms in total. The maximum Gasteiger partial charge on any atom is 0.321 e. The SMILES string of the molecule is COc1cccc(CNC(=O)C2CN(C(=O)Nc3ccc(F)cc3)CCN2S(=O)(=O)c2c(C)noc2C)c1. The molecule has 1 fully saturated rings. The molecule has 2 heterocycles. The molecule has 3 aromatic rings. The number of nitrogens with zero attached hydrogens (tertiary/aromatic N) is 3. The van der Waals surface area contributed by atoms with Crippen LogP contribution in [0.5, 0.6) is 5.75 Å². The molecule has 38 heavy (non-hydrogen) atoms. The fraction of sp³-hybridized carbons (Fsp3) is 0.320. The second-order valence-electron chi connectivity index (χ2n) is 8.74. The molecule has 2 N–H and O–H groups in total. The quantitative estimate of drug-likeness (QED) is 0.466. The molecule has 1 aromatic heterocycles. The highest BCUT2D eigenvalue weighted by molar-refractivity contribution is 7.89. The predicted molar refractivity (Wildman–Crippen MR) is 135 cm³/mol. The zero-order valence-electron chi connectivity index (χ0n) is 21.1. The minimum Gasteiger partial charge on any atom is -0.497 e. The Kier molecular flexibility index (Phi) is 7.97. The first-order valence-electron chi connectivity index (χ1n) is 11.8. The van der Waals surface area contributed by atoms with Gasteiger partial charge in [-0.05, 0) is 55.8 Å². The molecule has 4 rings (SSSR count). The third-order valence-electron chi connectivity index (χ3n) is 6.15. The summed E-state index contributed by atoms with van der Waals surface area (Å²) in [5, 5.41) is 9.16. The Bertz CT molecular complexity index is 1410. The highest BCUT2D eigenvalue weighted by Crippen LogP contribution is 2.27. The average molecular weight is 546 g/mol. The Hall–Kier alpha value is -3.97. The second-order valence-corrected chi connectivity index (χ2v) is 10.6. The summed E-state index contributed by atoms with van der Waals surface area (Å²) in [5.41, 5.74) is 1.29. The van der Waals surface area contributed by atoms with Crippen LogP contribution in [0.3, 0.4) is 0 Å². The number of carbonyl (C=O) groups excluding carboxylic acids is 2. The molecule has 1 saturated heterocycles. The van der Waals surface area contributed by atoms with E-state index in [1.807, 2.05) is 0 Å². The van der Waals surface area contributed by atoms with Gasteiger partial charge in [0, 0.05) is 31.9 Å². The number of nitrogens with one attached hydrogen (secondary N) is 2. The van der Waals surface area contributed by atoms with Gasteiger partial charge in [-0.2, -0.15) is 4.31 Å². The summed E-state index contributed by atoms with van der Waals surface area (Å²) >= 11 is 0. The van der Waals surface area contributed by atoms with Crippen LogP contribution in [0.1, 0.15) is 17.0 Å². The third-order valence-corrected chi connectivity index (χ3v) is 8.31. The summed E-state index contributed by atoms with van der Waals surface area (Å²) < 4.78 is 51.9. The number of benzene rings is 2. The minimum atomic E-state index is -4.18. The Balaban J connectivity index is 1.57. The topological polar surface area (TPSA) is 134 Å². The first-order valence-corrected chi connectivity index (χ1v) is 13.2. The monoisotopic (exact) mass is 545 g/mol. The number of carbonyl (C=O) groups is 2. The van der Waals surface area contributed by atoms with Gasteiger partial charge in [0.25, 0.3) is 0 Å². The molecule has 0 saturated carbocycles. The van der Waals surface area contributed by atoms with Gasteiger partial charge in [-0.3, -0.25) is 4.79 Å². The summed E-state index contributed by atoms with van der Waals surface area (Å²) in [6.07, 6.45) is 0. The maximum absolute atomic E-state index is 13.6. The molecule has 0 aliphatic carbocycles. The standard InChI is InChI=1S/C25H28FN5O6S/c1-16-23(17(2)37-29-16)38(34,35)31-12-11-30(25(33)28-20-9-7-19(26)8-10-20)15-22(31)24(32)27-14-18-5-4-6-21(13-18)36-3/h4-10,13,22H,11-12,14-15H2,1-3H3,(H,27,32)(H,28,33). The van der Waals surface area contributed by atoms with Crippen molar-refractivity contribution in [3.05, 3.63) is 71.4 Å². The van der Waals surface area contributed by atoms with Crippen LogP contribution in [0, 0.1) is 19.7 Å². The van der Waals surface area contributed by atoms with Gasteiger partial charge >= 0.3 is 6.03 Å². The molecule has 13 heteroatoms. The number of amides is 3. The van der Waals surface area contributed by atoms with Crippen LogP contribution in [0.2, 0.25) is 0 Å². The van der Waals surface area contributed by atoms with Gasteiger partial charge in [-0.15, -0.1) is 0 Å². The van der Waals surface area contributed by atoms with E-state index in [-0.39, 0.29) is 42.5 Å². The van der Waals surface area contributed by atoms with Gasteiger partial charge < -0.3 is 24.8 Å². The van der Waals surface area contributed by atoms with Crippen molar-refractivity contribution >= 4 is 27.6 Å². The van der Waals surface area contributed by atoms with Gasteiger partial charge in [-0.1, -0.05) is 17.3 Å². The fourth-order valence-corrected chi connectivity index (χ4v) is 6.10. The van der Waals surface area contributed by atoms with E-state index in [0.29, 0.717) is 11.4 Å². The molecule has 1 unspecified atom stereocenters. The van der Waals surface area contributed by atoms with Gasteiger partial charge in [0.15, 0.2) is 5.76 Å². The van der Waals surface area contributed by atoms with E-state index in [1.165, 1.54) is 50.1 Å². The van der Waals surface area contributed by atoms with E-state index < -0.39 is 33.8 Å². The van der Waals surface area contributed by atoms with Crippen molar-refractivity contribution in [2.24, 2.45) is 0 Å². The molecule has 1 aliphatic rings. The van der Waals surface area contributed by atoms with Crippen LogP contribution in [-0.2, 0) is 21.4 Å². The molecular formula is C25H28FN5O6S. The van der Waals surface area contributed by atoms with Crippen LogP contribution in [0.25, 0.3) is 0 Å². The number of aromatic nitrogens is 1. The predicted octanol–water partition coefficient (Wildman–Crippen LogP) is 2.66. The van der Waals surface area contributed by atoms with Crippen molar-refractivity contribution in [2.75, 3.05) is 32.1 Å². The van der Waals surface area contributed by atoms with E-state index in [9.17, 15) is 22.4 Å². The van der Waals surface area contributed by atoms with Gasteiger partial charge in [0.2, 0.25) is 15.9 Å². The lowest BCUT2D eigenvalue weighted by Crippen LogP contribution is -2.61. The molecule has 0 radical (unpaired) electrons. The summed E-state index contributed by atoms with van der Waals surface area (Å²) in [4.78, 5) is 27.6. The Morgan fingerprint density at radius 3 is 2.55 bits per heavy atom. The Morgan fingerprint density at radius 1 is 1.16 bits per heavy atom. The van der Waals surface area contributed by atoms with E-state index in [1.54, 1.807) is 24.3 Å². The molecular weight excluding hydrogens is 517 g/mol. The number of aryl methyl sites for hydroxylation is 2. The number of rotatable bonds is 7. The number of hydrogen-bond acceptors (Lipinski definition) is 7. The second kappa shape index (κ2) is 11.2. The number of urea groups is 1. The van der Waals surface area contributed by atoms with Crippen LogP contribution in [-0.4, -0.2) is 67.5 Å². The summed E-state index contributed by atoms with van der Waals surface area (Å²) in [6, 6.07) is 10.5. The lowest BCUT2D eigenvalue weighted by atomic mass is 10.1.